The highest BCUT2D eigenvalue weighted by Crippen LogP contribution is 2.43. The zero-order chi connectivity index (χ0) is 21.3. The van der Waals surface area contributed by atoms with Crippen LogP contribution in [0.25, 0.3) is 11.3 Å². The molecular formula is C20H19F3N4O2. The third-order valence-corrected chi connectivity index (χ3v) is 4.46. The van der Waals surface area contributed by atoms with Crippen molar-refractivity contribution in [2.75, 3.05) is 0 Å². The monoisotopic (exact) mass is 404 g/mol. The fourth-order valence-electron chi connectivity index (χ4n) is 2.96. The summed E-state index contributed by atoms with van der Waals surface area (Å²) in [6.07, 6.45) is 2.17. The van der Waals surface area contributed by atoms with Crippen molar-refractivity contribution in [3.05, 3.63) is 66.6 Å². The second-order valence-corrected chi connectivity index (χ2v) is 7.45. The minimum Gasteiger partial charge on any atom is -0.404 e. The third-order valence-electron chi connectivity index (χ3n) is 4.46. The molecule has 152 valence electrons. The van der Waals surface area contributed by atoms with Crippen LogP contribution in [0.5, 0.6) is 5.75 Å². The maximum Gasteiger partial charge on any atom is 0.573 e. The highest BCUT2D eigenvalue weighted by Gasteiger charge is 2.45. The van der Waals surface area contributed by atoms with Gasteiger partial charge in [0.2, 0.25) is 0 Å². The largest absolute Gasteiger partial charge is 0.573 e. The highest BCUT2D eigenvalue weighted by molar-refractivity contribution is 5.58. The summed E-state index contributed by atoms with van der Waals surface area (Å²) in [5, 5.41) is 11.5. The van der Waals surface area contributed by atoms with Crippen molar-refractivity contribution >= 4 is 0 Å². The Morgan fingerprint density at radius 1 is 0.862 bits per heavy atom. The standard InChI is InChI=1S/C20H19F3N4O2/c1-18(2,3)19(28,14-9-24-12-25-10-14)17-7-4-13(8-27-17)16-6-5-15(11-26-16)29-20(21,22)23/h4-12,28H,1-3H3. The minimum absolute atomic E-state index is 0.389. The van der Waals surface area contributed by atoms with Crippen molar-refractivity contribution in [3.63, 3.8) is 0 Å². The van der Waals surface area contributed by atoms with E-state index in [1.807, 2.05) is 20.8 Å². The number of rotatable bonds is 4. The molecule has 1 atom stereocenters. The van der Waals surface area contributed by atoms with E-state index in [4.69, 9.17) is 0 Å². The summed E-state index contributed by atoms with van der Waals surface area (Å²) in [5.74, 6) is -0.406. The summed E-state index contributed by atoms with van der Waals surface area (Å²) in [6.45, 7) is 5.61. The van der Waals surface area contributed by atoms with Gasteiger partial charge in [0.15, 0.2) is 0 Å². The molecule has 3 aromatic rings. The van der Waals surface area contributed by atoms with E-state index in [1.165, 1.54) is 37.1 Å². The van der Waals surface area contributed by atoms with E-state index in [1.54, 1.807) is 12.1 Å². The molecule has 0 aliphatic heterocycles. The fraction of sp³-hybridized carbons (Fsp3) is 0.300. The van der Waals surface area contributed by atoms with Crippen LogP contribution in [0.3, 0.4) is 0 Å². The van der Waals surface area contributed by atoms with Crippen LogP contribution in [-0.4, -0.2) is 31.4 Å². The smallest absolute Gasteiger partial charge is 0.404 e. The van der Waals surface area contributed by atoms with E-state index in [0.29, 0.717) is 22.5 Å². The van der Waals surface area contributed by atoms with Crippen LogP contribution in [0.15, 0.2) is 55.4 Å². The maximum atomic E-state index is 12.3. The second kappa shape index (κ2) is 7.40. The molecule has 1 unspecified atom stereocenters. The Bertz CT molecular complexity index is 956. The van der Waals surface area contributed by atoms with Gasteiger partial charge in [0, 0.05) is 35.1 Å². The van der Waals surface area contributed by atoms with Crippen molar-refractivity contribution in [2.24, 2.45) is 5.41 Å². The zero-order valence-electron chi connectivity index (χ0n) is 16.0. The van der Waals surface area contributed by atoms with Crippen LogP contribution in [0, 0.1) is 5.41 Å². The molecule has 0 saturated carbocycles. The summed E-state index contributed by atoms with van der Waals surface area (Å²) >= 11 is 0. The lowest BCUT2D eigenvalue weighted by Crippen LogP contribution is -2.42. The molecule has 0 radical (unpaired) electrons. The molecule has 6 nitrogen and oxygen atoms in total. The van der Waals surface area contributed by atoms with Crippen LogP contribution in [0.4, 0.5) is 13.2 Å². The first-order valence-electron chi connectivity index (χ1n) is 8.67. The molecule has 0 aliphatic carbocycles. The normalized spacial score (nSPS) is 14.3. The molecule has 3 heterocycles. The highest BCUT2D eigenvalue weighted by atomic mass is 19.4. The summed E-state index contributed by atoms with van der Waals surface area (Å²) < 4.78 is 40.6. The van der Waals surface area contributed by atoms with Crippen molar-refractivity contribution in [3.8, 4) is 17.0 Å². The zero-order valence-corrected chi connectivity index (χ0v) is 16.0. The lowest BCUT2D eigenvalue weighted by molar-refractivity contribution is -0.274. The summed E-state index contributed by atoms with van der Waals surface area (Å²) in [5.41, 5.74) is -0.194. The van der Waals surface area contributed by atoms with Gasteiger partial charge < -0.3 is 9.84 Å². The summed E-state index contributed by atoms with van der Waals surface area (Å²) in [6, 6.07) is 5.92. The van der Waals surface area contributed by atoms with Crippen LogP contribution in [0.1, 0.15) is 32.0 Å². The molecule has 0 aromatic carbocycles. The minimum atomic E-state index is -4.77. The van der Waals surface area contributed by atoms with Gasteiger partial charge in [-0.1, -0.05) is 20.8 Å². The number of aromatic nitrogens is 4. The van der Waals surface area contributed by atoms with E-state index in [0.717, 1.165) is 6.20 Å². The Labute approximate surface area is 165 Å². The summed E-state index contributed by atoms with van der Waals surface area (Å²) in [7, 11) is 0. The van der Waals surface area contributed by atoms with Crippen LogP contribution >= 0.6 is 0 Å². The van der Waals surface area contributed by atoms with Gasteiger partial charge >= 0.3 is 6.36 Å². The predicted molar refractivity (Wildman–Crippen MR) is 98.6 cm³/mol. The molecule has 0 aliphatic rings. The van der Waals surface area contributed by atoms with Gasteiger partial charge in [-0.25, -0.2) is 9.97 Å². The van der Waals surface area contributed by atoms with Crippen molar-refractivity contribution in [1.29, 1.82) is 0 Å². The Kier molecular flexibility index (Phi) is 5.27. The van der Waals surface area contributed by atoms with Crippen LogP contribution in [-0.2, 0) is 5.60 Å². The Hall–Kier alpha value is -3.07. The SMILES string of the molecule is CC(C)(C)C(O)(c1cncnc1)c1ccc(-c2ccc(OC(F)(F)F)cn2)cn1. The number of alkyl halides is 3. The molecular weight excluding hydrogens is 385 g/mol. The maximum absolute atomic E-state index is 12.3. The average molecular weight is 404 g/mol. The molecule has 29 heavy (non-hydrogen) atoms. The average Bonchev–Trinajstić information content (AvgIpc) is 2.67. The first kappa shape index (κ1) is 20.7. The Morgan fingerprint density at radius 2 is 1.55 bits per heavy atom. The number of aliphatic hydroxyl groups is 1. The molecule has 0 amide bonds. The lowest BCUT2D eigenvalue weighted by atomic mass is 9.71. The van der Waals surface area contributed by atoms with E-state index in [2.05, 4.69) is 24.7 Å². The van der Waals surface area contributed by atoms with Gasteiger partial charge in [-0.15, -0.1) is 13.2 Å². The third kappa shape index (κ3) is 4.34. The van der Waals surface area contributed by atoms with Gasteiger partial charge in [0.25, 0.3) is 0 Å². The lowest BCUT2D eigenvalue weighted by Gasteiger charge is -2.39. The second-order valence-electron chi connectivity index (χ2n) is 7.45. The van der Waals surface area contributed by atoms with Crippen molar-refractivity contribution in [2.45, 2.75) is 32.7 Å². The predicted octanol–water partition coefficient (Wildman–Crippen LogP) is 4.11. The topological polar surface area (TPSA) is 81.0 Å². The van der Waals surface area contributed by atoms with Gasteiger partial charge in [-0.3, -0.25) is 9.97 Å². The molecule has 0 fully saturated rings. The molecule has 9 heteroatoms. The van der Waals surface area contributed by atoms with Crippen LogP contribution < -0.4 is 4.74 Å². The fourth-order valence-corrected chi connectivity index (χ4v) is 2.96. The van der Waals surface area contributed by atoms with E-state index in [9.17, 15) is 18.3 Å². The van der Waals surface area contributed by atoms with E-state index in [-0.39, 0.29) is 0 Å². The molecule has 0 spiro atoms. The number of nitrogens with zero attached hydrogens (tertiary/aromatic N) is 4. The van der Waals surface area contributed by atoms with E-state index >= 15 is 0 Å². The van der Waals surface area contributed by atoms with Gasteiger partial charge in [0.05, 0.1) is 17.6 Å². The quantitative estimate of drug-likeness (QED) is 0.705. The Balaban J connectivity index is 1.93. The number of hydrogen-bond acceptors (Lipinski definition) is 6. The van der Waals surface area contributed by atoms with Crippen LogP contribution in [0.2, 0.25) is 0 Å². The first-order chi connectivity index (χ1) is 13.5. The van der Waals surface area contributed by atoms with Gasteiger partial charge in [-0.05, 0) is 24.3 Å². The number of pyridine rings is 2. The first-order valence-corrected chi connectivity index (χ1v) is 8.67. The summed E-state index contributed by atoms with van der Waals surface area (Å²) in [4.78, 5) is 16.4. The molecule has 1 N–H and O–H groups in total. The Morgan fingerprint density at radius 3 is 2.03 bits per heavy atom. The number of halogens is 3. The van der Waals surface area contributed by atoms with Gasteiger partial charge in [-0.2, -0.15) is 0 Å². The molecule has 0 bridgehead atoms. The molecule has 3 aromatic heterocycles. The van der Waals surface area contributed by atoms with Crippen molar-refractivity contribution < 1.29 is 23.0 Å². The molecule has 0 saturated heterocycles. The molecule has 3 rings (SSSR count). The van der Waals surface area contributed by atoms with Crippen molar-refractivity contribution in [1.82, 2.24) is 19.9 Å². The number of ether oxygens (including phenoxy) is 1. The number of hydrogen-bond donors (Lipinski definition) is 1. The van der Waals surface area contributed by atoms with Gasteiger partial charge in [0.1, 0.15) is 17.7 Å². The van der Waals surface area contributed by atoms with E-state index < -0.39 is 23.1 Å².